The number of benzene rings is 2. The molecule has 110 valence electrons. The van der Waals surface area contributed by atoms with Crippen LogP contribution in [0.25, 0.3) is 11.0 Å². The molecule has 0 saturated heterocycles. The number of halogens is 1. The standard InChI is InChI=1S/C17H12FNO3/c1-10-8-11(18)6-7-14(10)19-17(21)13-9-22-15-5-3-2-4-12(15)16(13)20/h2-9H,1H3,(H,19,21). The smallest absolute Gasteiger partial charge is 0.262 e. The summed E-state index contributed by atoms with van der Waals surface area (Å²) < 4.78 is 18.4. The Morgan fingerprint density at radius 2 is 1.95 bits per heavy atom. The zero-order valence-electron chi connectivity index (χ0n) is 11.7. The molecule has 1 aromatic heterocycles. The van der Waals surface area contributed by atoms with Crippen LogP contribution < -0.4 is 10.7 Å². The Kier molecular flexibility index (Phi) is 3.47. The molecule has 22 heavy (non-hydrogen) atoms. The van der Waals surface area contributed by atoms with Crippen LogP contribution in [0.2, 0.25) is 0 Å². The van der Waals surface area contributed by atoms with E-state index in [0.29, 0.717) is 22.2 Å². The van der Waals surface area contributed by atoms with Crippen LogP contribution in [0.15, 0.2) is 57.9 Å². The summed E-state index contributed by atoms with van der Waals surface area (Å²) in [5, 5.41) is 2.93. The average Bonchev–Trinajstić information content (AvgIpc) is 2.50. The van der Waals surface area contributed by atoms with Crippen molar-refractivity contribution in [2.75, 3.05) is 5.32 Å². The molecule has 0 unspecified atom stereocenters. The number of carbonyl (C=O) groups excluding carboxylic acids is 1. The van der Waals surface area contributed by atoms with Gasteiger partial charge < -0.3 is 9.73 Å². The lowest BCUT2D eigenvalue weighted by Gasteiger charge is -2.08. The Bertz CT molecular complexity index is 931. The van der Waals surface area contributed by atoms with E-state index in [1.165, 1.54) is 18.2 Å². The SMILES string of the molecule is Cc1cc(F)ccc1NC(=O)c1coc2ccccc2c1=O. The van der Waals surface area contributed by atoms with Gasteiger partial charge in [-0.15, -0.1) is 0 Å². The second kappa shape index (κ2) is 5.44. The van der Waals surface area contributed by atoms with Gasteiger partial charge in [0.15, 0.2) is 0 Å². The summed E-state index contributed by atoms with van der Waals surface area (Å²) in [6, 6.07) is 10.7. The van der Waals surface area contributed by atoms with Crippen molar-refractivity contribution in [3.05, 3.63) is 75.9 Å². The second-order valence-electron chi connectivity index (χ2n) is 4.89. The number of carbonyl (C=O) groups is 1. The van der Waals surface area contributed by atoms with Crippen molar-refractivity contribution in [1.82, 2.24) is 0 Å². The van der Waals surface area contributed by atoms with E-state index in [0.717, 1.165) is 6.26 Å². The normalized spacial score (nSPS) is 10.6. The highest BCUT2D eigenvalue weighted by molar-refractivity contribution is 6.05. The van der Waals surface area contributed by atoms with Crippen LogP contribution in [0.1, 0.15) is 15.9 Å². The van der Waals surface area contributed by atoms with Gasteiger partial charge in [-0.25, -0.2) is 4.39 Å². The highest BCUT2D eigenvalue weighted by Gasteiger charge is 2.15. The monoisotopic (exact) mass is 297 g/mol. The third-order valence-corrected chi connectivity index (χ3v) is 3.36. The van der Waals surface area contributed by atoms with Gasteiger partial charge in [0.25, 0.3) is 5.91 Å². The van der Waals surface area contributed by atoms with E-state index in [9.17, 15) is 14.0 Å². The molecule has 0 atom stereocenters. The van der Waals surface area contributed by atoms with Gasteiger partial charge in [-0.3, -0.25) is 9.59 Å². The first-order valence-electron chi connectivity index (χ1n) is 6.64. The molecule has 0 radical (unpaired) electrons. The minimum atomic E-state index is -0.589. The molecular weight excluding hydrogens is 285 g/mol. The molecule has 4 nitrogen and oxygen atoms in total. The fourth-order valence-electron chi connectivity index (χ4n) is 2.19. The minimum absolute atomic E-state index is 0.0950. The fraction of sp³-hybridized carbons (Fsp3) is 0.0588. The van der Waals surface area contributed by atoms with Crippen molar-refractivity contribution in [3.8, 4) is 0 Å². The molecular formula is C17H12FNO3. The third-order valence-electron chi connectivity index (χ3n) is 3.36. The number of hydrogen-bond acceptors (Lipinski definition) is 3. The number of aryl methyl sites for hydroxylation is 1. The van der Waals surface area contributed by atoms with Crippen LogP contribution in [0.4, 0.5) is 10.1 Å². The topological polar surface area (TPSA) is 59.3 Å². The van der Waals surface area contributed by atoms with Crippen molar-refractivity contribution < 1.29 is 13.6 Å². The van der Waals surface area contributed by atoms with Crippen molar-refractivity contribution in [2.45, 2.75) is 6.92 Å². The van der Waals surface area contributed by atoms with Crippen molar-refractivity contribution in [3.63, 3.8) is 0 Å². The Balaban J connectivity index is 1.99. The van der Waals surface area contributed by atoms with Gasteiger partial charge in [-0.2, -0.15) is 0 Å². The Morgan fingerprint density at radius 3 is 2.73 bits per heavy atom. The number of para-hydroxylation sites is 1. The van der Waals surface area contributed by atoms with Crippen LogP contribution in [0.3, 0.4) is 0 Å². The van der Waals surface area contributed by atoms with E-state index < -0.39 is 11.3 Å². The largest absolute Gasteiger partial charge is 0.463 e. The van der Waals surface area contributed by atoms with Crippen molar-refractivity contribution in [1.29, 1.82) is 0 Å². The minimum Gasteiger partial charge on any atom is -0.463 e. The van der Waals surface area contributed by atoms with E-state index in [-0.39, 0.29) is 11.4 Å². The van der Waals surface area contributed by atoms with Gasteiger partial charge in [0, 0.05) is 5.69 Å². The summed E-state index contributed by atoms with van der Waals surface area (Å²) in [5.74, 6) is -0.977. The molecule has 3 aromatic rings. The zero-order chi connectivity index (χ0) is 15.7. The highest BCUT2D eigenvalue weighted by Crippen LogP contribution is 2.17. The number of hydrogen-bond donors (Lipinski definition) is 1. The molecule has 0 bridgehead atoms. The van der Waals surface area contributed by atoms with Gasteiger partial charge in [-0.05, 0) is 42.8 Å². The van der Waals surface area contributed by atoms with Gasteiger partial charge >= 0.3 is 0 Å². The molecule has 1 N–H and O–H groups in total. The van der Waals surface area contributed by atoms with Gasteiger partial charge in [0.05, 0.1) is 5.39 Å². The van der Waals surface area contributed by atoms with E-state index in [2.05, 4.69) is 5.32 Å². The maximum absolute atomic E-state index is 13.1. The Morgan fingerprint density at radius 1 is 1.18 bits per heavy atom. The Hall–Kier alpha value is -2.95. The second-order valence-corrected chi connectivity index (χ2v) is 4.89. The van der Waals surface area contributed by atoms with Gasteiger partial charge in [0.2, 0.25) is 5.43 Å². The van der Waals surface area contributed by atoms with Crippen molar-refractivity contribution in [2.24, 2.45) is 0 Å². The predicted octanol–water partition coefficient (Wildman–Crippen LogP) is 3.49. The molecule has 0 aliphatic carbocycles. The lowest BCUT2D eigenvalue weighted by Crippen LogP contribution is -2.21. The highest BCUT2D eigenvalue weighted by atomic mass is 19.1. The summed E-state index contributed by atoms with van der Waals surface area (Å²) in [6.07, 6.45) is 1.14. The first-order valence-corrected chi connectivity index (χ1v) is 6.64. The molecule has 2 aromatic carbocycles. The lowest BCUT2D eigenvalue weighted by molar-refractivity contribution is 0.102. The number of anilines is 1. The zero-order valence-corrected chi connectivity index (χ0v) is 11.7. The Labute approximate surface area is 125 Å². The molecule has 0 spiro atoms. The molecule has 3 rings (SSSR count). The van der Waals surface area contributed by atoms with E-state index >= 15 is 0 Å². The summed E-state index contributed by atoms with van der Waals surface area (Å²) >= 11 is 0. The molecule has 0 aliphatic heterocycles. The number of amides is 1. The van der Waals surface area contributed by atoms with Crippen LogP contribution >= 0.6 is 0 Å². The first kappa shape index (κ1) is 14.0. The molecule has 1 heterocycles. The molecule has 5 heteroatoms. The van der Waals surface area contributed by atoms with Gasteiger partial charge in [-0.1, -0.05) is 12.1 Å². The van der Waals surface area contributed by atoms with E-state index in [1.807, 2.05) is 0 Å². The third kappa shape index (κ3) is 2.48. The summed E-state index contributed by atoms with van der Waals surface area (Å²) in [5.41, 5.74) is 0.932. The maximum atomic E-state index is 13.1. The first-order chi connectivity index (χ1) is 10.6. The van der Waals surface area contributed by atoms with Crippen molar-refractivity contribution >= 4 is 22.6 Å². The molecule has 0 saturated carbocycles. The van der Waals surface area contributed by atoms with Crippen LogP contribution in [-0.2, 0) is 0 Å². The maximum Gasteiger partial charge on any atom is 0.262 e. The number of nitrogens with one attached hydrogen (secondary N) is 1. The van der Waals surface area contributed by atoms with E-state index in [1.54, 1.807) is 31.2 Å². The number of fused-ring (bicyclic) bond motifs is 1. The molecule has 0 fully saturated rings. The van der Waals surface area contributed by atoms with Crippen LogP contribution in [0.5, 0.6) is 0 Å². The summed E-state index contributed by atoms with van der Waals surface area (Å²) in [6.45, 7) is 1.67. The molecule has 1 amide bonds. The summed E-state index contributed by atoms with van der Waals surface area (Å²) in [7, 11) is 0. The summed E-state index contributed by atoms with van der Waals surface area (Å²) in [4.78, 5) is 24.6. The lowest BCUT2D eigenvalue weighted by atomic mass is 10.1. The fourth-order valence-corrected chi connectivity index (χ4v) is 2.19. The van der Waals surface area contributed by atoms with Gasteiger partial charge in [0.1, 0.15) is 23.2 Å². The van der Waals surface area contributed by atoms with Crippen LogP contribution in [-0.4, -0.2) is 5.91 Å². The molecule has 0 aliphatic rings. The van der Waals surface area contributed by atoms with Crippen LogP contribution in [0, 0.1) is 12.7 Å². The average molecular weight is 297 g/mol. The van der Waals surface area contributed by atoms with E-state index in [4.69, 9.17) is 4.42 Å². The predicted molar refractivity (Wildman–Crippen MR) is 81.6 cm³/mol. The quantitative estimate of drug-likeness (QED) is 0.787. The number of rotatable bonds is 2.